The highest BCUT2D eigenvalue weighted by molar-refractivity contribution is 5.82. The van der Waals surface area contributed by atoms with Crippen LogP contribution < -0.4 is 5.32 Å². The van der Waals surface area contributed by atoms with E-state index in [9.17, 15) is 9.59 Å². The lowest BCUT2D eigenvalue weighted by molar-refractivity contribution is -0.146. The number of rotatable bonds is 4. The maximum Gasteiger partial charge on any atom is 0.408 e. The van der Waals surface area contributed by atoms with Crippen LogP contribution in [-0.2, 0) is 14.3 Å². The first-order valence-corrected chi connectivity index (χ1v) is 6.40. The zero-order chi connectivity index (χ0) is 15.2. The van der Waals surface area contributed by atoms with Crippen LogP contribution in [0.15, 0.2) is 24.4 Å². The van der Waals surface area contributed by atoms with Gasteiger partial charge in [0.15, 0.2) is 6.04 Å². The Morgan fingerprint density at radius 3 is 2.55 bits per heavy atom. The first-order chi connectivity index (χ1) is 9.33. The van der Waals surface area contributed by atoms with E-state index in [1.165, 1.54) is 0 Å². The first-order valence-electron chi connectivity index (χ1n) is 6.40. The largest absolute Gasteiger partial charge is 0.464 e. The Bertz CT molecular complexity index is 454. The van der Waals surface area contributed by atoms with Crippen molar-refractivity contribution in [2.45, 2.75) is 39.3 Å². The van der Waals surface area contributed by atoms with Crippen LogP contribution in [0.5, 0.6) is 0 Å². The summed E-state index contributed by atoms with van der Waals surface area (Å²) < 4.78 is 10.1. The van der Waals surface area contributed by atoms with Crippen molar-refractivity contribution in [3.63, 3.8) is 0 Å². The van der Waals surface area contributed by atoms with E-state index in [0.717, 1.165) is 0 Å². The number of alkyl carbamates (subject to hydrolysis) is 1. The smallest absolute Gasteiger partial charge is 0.408 e. The van der Waals surface area contributed by atoms with Crippen LogP contribution in [0.3, 0.4) is 0 Å². The number of aromatic nitrogens is 1. The third-order valence-electron chi connectivity index (χ3n) is 2.17. The monoisotopic (exact) mass is 280 g/mol. The molecule has 1 aromatic heterocycles. The molecular formula is C14H20N2O4. The van der Waals surface area contributed by atoms with Gasteiger partial charge >= 0.3 is 12.1 Å². The Hall–Kier alpha value is -2.11. The Morgan fingerprint density at radius 2 is 2.05 bits per heavy atom. The Labute approximate surface area is 118 Å². The third kappa shape index (κ3) is 5.26. The van der Waals surface area contributed by atoms with E-state index < -0.39 is 23.7 Å². The van der Waals surface area contributed by atoms with Crippen LogP contribution in [0.2, 0.25) is 0 Å². The van der Waals surface area contributed by atoms with Crippen molar-refractivity contribution in [2.24, 2.45) is 0 Å². The van der Waals surface area contributed by atoms with Gasteiger partial charge in [-0.15, -0.1) is 0 Å². The molecule has 1 rings (SSSR count). The summed E-state index contributed by atoms with van der Waals surface area (Å²) in [6.45, 7) is 7.14. The van der Waals surface area contributed by atoms with Crippen LogP contribution in [0.25, 0.3) is 0 Å². The lowest BCUT2D eigenvalue weighted by Crippen LogP contribution is -2.39. The molecule has 0 saturated carbocycles. The number of hydrogen-bond donors (Lipinski definition) is 1. The van der Waals surface area contributed by atoms with Gasteiger partial charge in [-0.25, -0.2) is 9.59 Å². The van der Waals surface area contributed by atoms with E-state index in [4.69, 9.17) is 9.47 Å². The Balaban J connectivity index is 2.84. The van der Waals surface area contributed by atoms with Crippen LogP contribution >= 0.6 is 0 Å². The zero-order valence-corrected chi connectivity index (χ0v) is 12.2. The fourth-order valence-corrected chi connectivity index (χ4v) is 1.45. The van der Waals surface area contributed by atoms with Crippen LogP contribution in [-0.4, -0.2) is 29.3 Å². The fraction of sp³-hybridized carbons (Fsp3) is 0.500. The van der Waals surface area contributed by atoms with Gasteiger partial charge in [0.05, 0.1) is 12.3 Å². The summed E-state index contributed by atoms with van der Waals surface area (Å²) in [5.74, 6) is -0.572. The molecule has 0 bridgehead atoms. The molecule has 1 heterocycles. The van der Waals surface area contributed by atoms with Crippen LogP contribution in [0.4, 0.5) is 4.79 Å². The van der Waals surface area contributed by atoms with Gasteiger partial charge < -0.3 is 14.8 Å². The number of nitrogens with one attached hydrogen (secondary N) is 1. The first kappa shape index (κ1) is 15.9. The minimum absolute atomic E-state index is 0.220. The number of pyridine rings is 1. The SMILES string of the molecule is CCOC(=O)C(NC(=O)OC(C)(C)C)c1ccccn1. The molecule has 1 N–H and O–H groups in total. The molecule has 0 radical (unpaired) electrons. The van der Waals surface area contributed by atoms with E-state index in [-0.39, 0.29) is 6.61 Å². The topological polar surface area (TPSA) is 77.5 Å². The predicted octanol–water partition coefficient (Wildman–Crippen LogP) is 2.21. The second-order valence-electron chi connectivity index (χ2n) is 5.09. The quantitative estimate of drug-likeness (QED) is 0.856. The van der Waals surface area contributed by atoms with Gasteiger partial charge in [-0.1, -0.05) is 6.07 Å². The molecule has 6 heteroatoms. The highest BCUT2D eigenvalue weighted by Gasteiger charge is 2.27. The summed E-state index contributed by atoms with van der Waals surface area (Å²) in [7, 11) is 0. The number of hydrogen-bond acceptors (Lipinski definition) is 5. The molecule has 1 atom stereocenters. The van der Waals surface area contributed by atoms with E-state index in [1.807, 2.05) is 0 Å². The molecule has 0 aliphatic rings. The van der Waals surface area contributed by atoms with E-state index in [1.54, 1.807) is 52.1 Å². The molecule has 1 aromatic rings. The van der Waals surface area contributed by atoms with E-state index >= 15 is 0 Å². The maximum absolute atomic E-state index is 11.9. The van der Waals surface area contributed by atoms with Crippen LogP contribution in [0, 0.1) is 0 Å². The zero-order valence-electron chi connectivity index (χ0n) is 12.2. The van der Waals surface area contributed by atoms with Crippen molar-refractivity contribution in [3.8, 4) is 0 Å². The highest BCUT2D eigenvalue weighted by atomic mass is 16.6. The fourth-order valence-electron chi connectivity index (χ4n) is 1.45. The molecule has 0 fully saturated rings. The summed E-state index contributed by atoms with van der Waals surface area (Å²) in [4.78, 5) is 27.8. The number of carbonyl (C=O) groups excluding carboxylic acids is 2. The molecule has 20 heavy (non-hydrogen) atoms. The molecule has 0 spiro atoms. The summed E-state index contributed by atoms with van der Waals surface area (Å²) in [6, 6.07) is 4.11. The number of nitrogens with zero attached hydrogens (tertiary/aromatic N) is 1. The van der Waals surface area contributed by atoms with E-state index in [0.29, 0.717) is 5.69 Å². The molecule has 1 unspecified atom stereocenters. The van der Waals surface area contributed by atoms with Gasteiger partial charge in [0.1, 0.15) is 5.60 Å². The van der Waals surface area contributed by atoms with Crippen molar-refractivity contribution < 1.29 is 19.1 Å². The number of amides is 1. The number of carbonyl (C=O) groups is 2. The molecular weight excluding hydrogens is 260 g/mol. The van der Waals surface area contributed by atoms with Gasteiger partial charge in [0.2, 0.25) is 0 Å². The number of ether oxygens (including phenoxy) is 2. The van der Waals surface area contributed by atoms with Gasteiger partial charge in [-0.3, -0.25) is 4.98 Å². The summed E-state index contributed by atoms with van der Waals surface area (Å²) in [5, 5.41) is 2.48. The summed E-state index contributed by atoms with van der Waals surface area (Å²) in [5.41, 5.74) is -0.246. The Kier molecular flexibility index (Phi) is 5.49. The maximum atomic E-state index is 11.9. The standard InChI is InChI=1S/C14H20N2O4/c1-5-19-12(17)11(10-8-6-7-9-15-10)16-13(18)20-14(2,3)4/h6-9,11H,5H2,1-4H3,(H,16,18). The molecule has 6 nitrogen and oxygen atoms in total. The second kappa shape index (κ2) is 6.88. The van der Waals surface area contributed by atoms with Crippen molar-refractivity contribution in [3.05, 3.63) is 30.1 Å². The van der Waals surface area contributed by atoms with Crippen LogP contribution in [0.1, 0.15) is 39.4 Å². The minimum Gasteiger partial charge on any atom is -0.464 e. The lowest BCUT2D eigenvalue weighted by Gasteiger charge is -2.22. The molecule has 1 amide bonds. The third-order valence-corrected chi connectivity index (χ3v) is 2.17. The average Bonchev–Trinajstić information content (AvgIpc) is 2.35. The molecule has 0 aliphatic heterocycles. The van der Waals surface area contributed by atoms with Crippen molar-refractivity contribution >= 4 is 12.1 Å². The van der Waals surface area contributed by atoms with Gasteiger partial charge in [-0.2, -0.15) is 0 Å². The summed E-state index contributed by atoms with van der Waals surface area (Å²) in [6.07, 6.45) is 0.847. The van der Waals surface area contributed by atoms with Crippen molar-refractivity contribution in [1.82, 2.24) is 10.3 Å². The van der Waals surface area contributed by atoms with Gasteiger partial charge in [0, 0.05) is 6.20 Å². The van der Waals surface area contributed by atoms with Crippen molar-refractivity contribution in [1.29, 1.82) is 0 Å². The van der Waals surface area contributed by atoms with Gasteiger partial charge in [-0.05, 0) is 39.8 Å². The minimum atomic E-state index is -0.981. The van der Waals surface area contributed by atoms with Crippen molar-refractivity contribution in [2.75, 3.05) is 6.61 Å². The Morgan fingerprint density at radius 1 is 1.35 bits per heavy atom. The average molecular weight is 280 g/mol. The second-order valence-corrected chi connectivity index (χ2v) is 5.09. The molecule has 110 valence electrons. The normalized spacial score (nSPS) is 12.4. The molecule has 0 aromatic carbocycles. The number of esters is 1. The highest BCUT2D eigenvalue weighted by Crippen LogP contribution is 2.14. The van der Waals surface area contributed by atoms with Gasteiger partial charge in [0.25, 0.3) is 0 Å². The molecule has 0 aliphatic carbocycles. The molecule has 0 saturated heterocycles. The van der Waals surface area contributed by atoms with E-state index in [2.05, 4.69) is 10.3 Å². The summed E-state index contributed by atoms with van der Waals surface area (Å²) >= 11 is 0. The predicted molar refractivity (Wildman–Crippen MR) is 73.0 cm³/mol. The lowest BCUT2D eigenvalue weighted by atomic mass is 10.2.